The molecule has 2 amide bonds. The molecule has 1 fully saturated rings. The predicted octanol–water partition coefficient (Wildman–Crippen LogP) is 2.54. The lowest BCUT2D eigenvalue weighted by molar-refractivity contribution is -0.114. The lowest BCUT2D eigenvalue weighted by atomic mass is 10.1. The minimum absolute atomic E-state index is 0.155. The Morgan fingerprint density at radius 1 is 0.950 bits per heavy atom. The summed E-state index contributed by atoms with van der Waals surface area (Å²) < 4.78 is 38.4. The summed E-state index contributed by atoms with van der Waals surface area (Å²) >= 11 is 0. The second-order valence-corrected chi connectivity index (χ2v) is 11.1. The van der Waals surface area contributed by atoms with Gasteiger partial charge in [-0.3, -0.25) is 9.59 Å². The summed E-state index contributed by atoms with van der Waals surface area (Å²) in [6, 6.07) is 15.1. The molecule has 4 rings (SSSR count). The first-order valence-corrected chi connectivity index (χ1v) is 14.2. The van der Waals surface area contributed by atoms with Crippen molar-refractivity contribution in [2.24, 2.45) is 0 Å². The average molecular weight is 568 g/mol. The van der Waals surface area contributed by atoms with Gasteiger partial charge in [0.2, 0.25) is 15.9 Å². The van der Waals surface area contributed by atoms with Crippen LogP contribution in [0.3, 0.4) is 0 Å². The molecule has 40 heavy (non-hydrogen) atoms. The third kappa shape index (κ3) is 6.69. The average Bonchev–Trinajstić information content (AvgIpc) is 2.97. The molecule has 0 bridgehead atoms. The van der Waals surface area contributed by atoms with Crippen LogP contribution in [-0.4, -0.2) is 76.5 Å². The van der Waals surface area contributed by atoms with Crippen molar-refractivity contribution in [1.82, 2.24) is 14.6 Å². The van der Waals surface area contributed by atoms with Crippen molar-refractivity contribution < 1.29 is 27.5 Å². The number of carbonyl (C=O) groups is 2. The van der Waals surface area contributed by atoms with Crippen LogP contribution < -0.4 is 25.0 Å². The van der Waals surface area contributed by atoms with E-state index < -0.39 is 10.0 Å². The minimum atomic E-state index is -3.71. The minimum Gasteiger partial charge on any atom is -0.493 e. The van der Waals surface area contributed by atoms with E-state index in [1.54, 1.807) is 44.7 Å². The highest BCUT2D eigenvalue weighted by molar-refractivity contribution is 7.89. The lowest BCUT2D eigenvalue weighted by Crippen LogP contribution is -2.49. The lowest BCUT2D eigenvalue weighted by Gasteiger charge is -2.35. The molecule has 1 saturated heterocycles. The van der Waals surface area contributed by atoms with Crippen molar-refractivity contribution >= 4 is 33.3 Å². The van der Waals surface area contributed by atoms with Crippen LogP contribution >= 0.6 is 0 Å². The van der Waals surface area contributed by atoms with E-state index in [0.29, 0.717) is 54.6 Å². The molecule has 0 radical (unpaired) electrons. The van der Waals surface area contributed by atoms with Crippen molar-refractivity contribution in [1.29, 1.82) is 0 Å². The number of nitrogens with one attached hydrogen (secondary N) is 2. The Labute approximate surface area is 234 Å². The van der Waals surface area contributed by atoms with Crippen molar-refractivity contribution in [2.45, 2.75) is 18.2 Å². The molecule has 2 aromatic carbocycles. The molecule has 3 aromatic rings. The molecule has 0 saturated carbocycles. The van der Waals surface area contributed by atoms with E-state index in [1.165, 1.54) is 23.4 Å². The van der Waals surface area contributed by atoms with Crippen LogP contribution in [0.5, 0.6) is 11.5 Å². The molecule has 2 heterocycles. The Morgan fingerprint density at radius 2 is 1.65 bits per heavy atom. The molecule has 0 unspecified atom stereocenters. The Bertz CT molecular complexity index is 1450. The number of anilines is 2. The maximum atomic E-state index is 13.2. The number of rotatable bonds is 10. The van der Waals surface area contributed by atoms with Crippen LogP contribution in [0.25, 0.3) is 0 Å². The molecule has 1 aliphatic rings. The van der Waals surface area contributed by atoms with Gasteiger partial charge in [-0.05, 0) is 60.5 Å². The summed E-state index contributed by atoms with van der Waals surface area (Å²) in [5, 5.41) is 5.58. The Kier molecular flexibility index (Phi) is 9.22. The molecular weight excluding hydrogens is 534 g/mol. The topological polar surface area (TPSA) is 130 Å². The normalized spacial score (nSPS) is 13.9. The second kappa shape index (κ2) is 12.8. The van der Waals surface area contributed by atoms with E-state index in [2.05, 4.69) is 15.6 Å². The molecule has 2 N–H and O–H groups in total. The number of hydrogen-bond donors (Lipinski definition) is 2. The monoisotopic (exact) mass is 567 g/mol. The van der Waals surface area contributed by atoms with Crippen molar-refractivity contribution in [3.63, 3.8) is 0 Å². The summed E-state index contributed by atoms with van der Waals surface area (Å²) in [5.41, 5.74) is 1.95. The maximum absolute atomic E-state index is 13.2. The van der Waals surface area contributed by atoms with E-state index in [-0.39, 0.29) is 29.8 Å². The van der Waals surface area contributed by atoms with Crippen LogP contribution in [0.1, 0.15) is 22.8 Å². The number of hydrogen-bond acceptors (Lipinski definition) is 8. The molecule has 12 heteroatoms. The fourth-order valence-corrected chi connectivity index (χ4v) is 5.90. The smallest absolute Gasteiger partial charge is 0.255 e. The fraction of sp³-hybridized carbons (Fsp3) is 0.321. The number of sulfonamides is 1. The predicted molar refractivity (Wildman–Crippen MR) is 152 cm³/mol. The van der Waals surface area contributed by atoms with E-state index in [0.717, 1.165) is 5.56 Å². The highest BCUT2D eigenvalue weighted by atomic mass is 32.2. The molecule has 0 spiro atoms. The van der Waals surface area contributed by atoms with E-state index in [1.807, 2.05) is 23.1 Å². The van der Waals surface area contributed by atoms with Crippen LogP contribution in [0.4, 0.5) is 11.5 Å². The van der Waals surface area contributed by atoms with Crippen LogP contribution in [0, 0.1) is 0 Å². The third-order valence-electron chi connectivity index (χ3n) is 6.53. The Balaban J connectivity index is 1.36. The Hall–Kier alpha value is -4.16. The van der Waals surface area contributed by atoms with Crippen LogP contribution in [0.2, 0.25) is 0 Å². The number of carbonyl (C=O) groups excluding carboxylic acids is 2. The summed E-state index contributed by atoms with van der Waals surface area (Å²) in [4.78, 5) is 30.8. The van der Waals surface area contributed by atoms with Crippen molar-refractivity contribution in [3.05, 3.63) is 71.9 Å². The number of amides is 2. The first-order valence-electron chi connectivity index (χ1n) is 12.8. The Morgan fingerprint density at radius 3 is 2.30 bits per heavy atom. The number of ether oxygens (including phenoxy) is 2. The van der Waals surface area contributed by atoms with E-state index in [4.69, 9.17) is 9.47 Å². The van der Waals surface area contributed by atoms with Gasteiger partial charge in [-0.15, -0.1) is 0 Å². The van der Waals surface area contributed by atoms with Gasteiger partial charge in [0.25, 0.3) is 5.91 Å². The largest absolute Gasteiger partial charge is 0.493 e. The number of piperazine rings is 1. The molecular formula is C28H33N5O6S. The van der Waals surface area contributed by atoms with Gasteiger partial charge >= 0.3 is 0 Å². The molecule has 0 atom stereocenters. The zero-order valence-electron chi connectivity index (χ0n) is 22.7. The molecule has 11 nitrogen and oxygen atoms in total. The van der Waals surface area contributed by atoms with Gasteiger partial charge in [0.15, 0.2) is 11.5 Å². The molecule has 1 aliphatic heterocycles. The second-order valence-electron chi connectivity index (χ2n) is 9.17. The number of pyridine rings is 1. The number of nitrogens with zero attached hydrogens (tertiary/aromatic N) is 3. The van der Waals surface area contributed by atoms with Gasteiger partial charge in [0.05, 0.1) is 24.7 Å². The van der Waals surface area contributed by atoms with Gasteiger partial charge in [-0.25, -0.2) is 13.4 Å². The summed E-state index contributed by atoms with van der Waals surface area (Å²) in [7, 11) is -0.551. The first-order chi connectivity index (χ1) is 19.2. The highest BCUT2D eigenvalue weighted by Crippen LogP contribution is 2.28. The summed E-state index contributed by atoms with van der Waals surface area (Å²) in [6.07, 6.45) is 2.22. The maximum Gasteiger partial charge on any atom is 0.255 e. The summed E-state index contributed by atoms with van der Waals surface area (Å²) in [6.45, 7) is 3.05. The first kappa shape index (κ1) is 28.8. The van der Waals surface area contributed by atoms with Crippen molar-refractivity contribution in [2.75, 3.05) is 57.2 Å². The highest BCUT2D eigenvalue weighted by Gasteiger charge is 2.30. The fourth-order valence-electron chi connectivity index (χ4n) is 4.48. The van der Waals surface area contributed by atoms with Crippen molar-refractivity contribution in [3.8, 4) is 11.5 Å². The molecule has 0 aliphatic carbocycles. The zero-order chi connectivity index (χ0) is 28.7. The standard InChI is InChI=1S/C28H33N5O6S/c1-20(34)31-22-7-9-23(10-8-22)40(36,37)33-17-15-32(16-18-33)27-24(5-4-13-29-27)28(35)30-14-12-21-6-11-25(38-2)26(19-21)39-3/h4-11,13,19H,12,14-18H2,1-3H3,(H,30,35)(H,31,34). The van der Waals surface area contributed by atoms with Crippen LogP contribution in [-0.2, 0) is 21.2 Å². The number of aromatic nitrogens is 1. The van der Waals surface area contributed by atoms with Crippen LogP contribution in [0.15, 0.2) is 65.7 Å². The van der Waals surface area contributed by atoms with Gasteiger partial charge in [-0.2, -0.15) is 4.31 Å². The van der Waals surface area contributed by atoms with Gasteiger partial charge < -0.3 is 25.0 Å². The zero-order valence-corrected chi connectivity index (χ0v) is 23.5. The number of methoxy groups -OCH3 is 2. The van der Waals surface area contributed by atoms with Gasteiger partial charge in [0, 0.05) is 51.5 Å². The SMILES string of the molecule is COc1ccc(CCNC(=O)c2cccnc2N2CCN(S(=O)(=O)c3ccc(NC(C)=O)cc3)CC2)cc1OC. The van der Waals surface area contributed by atoms with Gasteiger partial charge in [-0.1, -0.05) is 6.07 Å². The number of benzene rings is 2. The van der Waals surface area contributed by atoms with Gasteiger partial charge in [0.1, 0.15) is 5.82 Å². The van der Waals surface area contributed by atoms with E-state index in [9.17, 15) is 18.0 Å². The quantitative estimate of drug-likeness (QED) is 0.382. The van der Waals surface area contributed by atoms with E-state index >= 15 is 0 Å². The summed E-state index contributed by atoms with van der Waals surface area (Å²) in [5.74, 6) is 1.31. The third-order valence-corrected chi connectivity index (χ3v) is 8.44. The molecule has 212 valence electrons. The molecule has 1 aromatic heterocycles.